The molecular formula is C17H29NO. The molecule has 0 fully saturated rings. The Labute approximate surface area is 118 Å². The lowest BCUT2D eigenvalue weighted by atomic mass is 9.98. The zero-order valence-corrected chi connectivity index (χ0v) is 12.7. The Morgan fingerprint density at radius 2 is 1.84 bits per heavy atom. The first kappa shape index (κ1) is 16.0. The van der Waals surface area contributed by atoms with Crippen LogP contribution in [-0.2, 0) is 0 Å². The van der Waals surface area contributed by atoms with Gasteiger partial charge in [-0.05, 0) is 49.9 Å². The Morgan fingerprint density at radius 3 is 2.58 bits per heavy atom. The van der Waals surface area contributed by atoms with Crippen molar-refractivity contribution in [1.82, 2.24) is 5.32 Å². The van der Waals surface area contributed by atoms with Gasteiger partial charge in [-0.25, -0.2) is 0 Å². The fourth-order valence-corrected chi connectivity index (χ4v) is 2.05. The summed E-state index contributed by atoms with van der Waals surface area (Å²) >= 11 is 0. The summed E-state index contributed by atoms with van der Waals surface area (Å²) in [7, 11) is 0. The Hall–Kier alpha value is -1.02. The number of benzene rings is 1. The molecule has 0 saturated heterocycles. The molecule has 0 bridgehead atoms. The molecule has 2 nitrogen and oxygen atoms in total. The van der Waals surface area contributed by atoms with Gasteiger partial charge in [-0.3, -0.25) is 0 Å². The average molecular weight is 263 g/mol. The molecule has 1 unspecified atom stereocenters. The minimum Gasteiger partial charge on any atom is -0.493 e. The zero-order chi connectivity index (χ0) is 13.9. The minimum absolute atomic E-state index is 0.568. The molecule has 1 N–H and O–H groups in total. The highest BCUT2D eigenvalue weighted by molar-refractivity contribution is 5.35. The lowest BCUT2D eigenvalue weighted by Gasteiger charge is -2.15. The van der Waals surface area contributed by atoms with Gasteiger partial charge >= 0.3 is 0 Å². The summed E-state index contributed by atoms with van der Waals surface area (Å²) in [4.78, 5) is 0. The highest BCUT2D eigenvalue weighted by Crippen LogP contribution is 2.28. The van der Waals surface area contributed by atoms with E-state index in [1.54, 1.807) is 0 Å². The van der Waals surface area contributed by atoms with Gasteiger partial charge in [0.05, 0.1) is 6.61 Å². The maximum absolute atomic E-state index is 5.93. The Bertz CT molecular complexity index is 338. The first-order valence-electron chi connectivity index (χ1n) is 7.72. The molecule has 0 aromatic heterocycles. The Kier molecular flexibility index (Phi) is 8.31. The first-order valence-corrected chi connectivity index (χ1v) is 7.72. The molecule has 19 heavy (non-hydrogen) atoms. The van der Waals surface area contributed by atoms with Crippen LogP contribution >= 0.6 is 0 Å². The van der Waals surface area contributed by atoms with E-state index in [1.165, 1.54) is 18.4 Å². The van der Waals surface area contributed by atoms with Crippen LogP contribution in [0.1, 0.15) is 57.9 Å². The topological polar surface area (TPSA) is 21.3 Å². The van der Waals surface area contributed by atoms with Crippen molar-refractivity contribution in [3.05, 3.63) is 29.8 Å². The van der Waals surface area contributed by atoms with Crippen LogP contribution in [0.5, 0.6) is 5.75 Å². The van der Waals surface area contributed by atoms with E-state index in [9.17, 15) is 0 Å². The van der Waals surface area contributed by atoms with Crippen molar-refractivity contribution in [3.8, 4) is 5.75 Å². The van der Waals surface area contributed by atoms with Crippen LogP contribution in [-0.4, -0.2) is 19.7 Å². The predicted molar refractivity (Wildman–Crippen MR) is 83.0 cm³/mol. The Morgan fingerprint density at radius 1 is 1.11 bits per heavy atom. The lowest BCUT2D eigenvalue weighted by Crippen LogP contribution is -2.18. The number of rotatable bonds is 10. The summed E-state index contributed by atoms with van der Waals surface area (Å²) in [5.74, 6) is 1.63. The summed E-state index contributed by atoms with van der Waals surface area (Å²) in [5.41, 5.74) is 1.34. The molecule has 0 aliphatic carbocycles. The van der Waals surface area contributed by atoms with Crippen LogP contribution in [0.2, 0.25) is 0 Å². The molecule has 1 aromatic rings. The highest BCUT2D eigenvalue weighted by atomic mass is 16.5. The number of hydrogen-bond donors (Lipinski definition) is 1. The van der Waals surface area contributed by atoms with Gasteiger partial charge in [0.15, 0.2) is 0 Å². The number of para-hydroxylation sites is 1. The molecule has 0 amide bonds. The van der Waals surface area contributed by atoms with Crippen molar-refractivity contribution in [2.75, 3.05) is 19.7 Å². The van der Waals surface area contributed by atoms with Crippen LogP contribution in [0.15, 0.2) is 24.3 Å². The van der Waals surface area contributed by atoms with E-state index < -0.39 is 0 Å². The molecule has 108 valence electrons. The maximum atomic E-state index is 5.93. The second-order valence-electron chi connectivity index (χ2n) is 5.15. The van der Waals surface area contributed by atoms with Crippen LogP contribution in [0, 0.1) is 0 Å². The van der Waals surface area contributed by atoms with Gasteiger partial charge in [-0.1, -0.05) is 45.4 Å². The Balaban J connectivity index is 2.29. The quantitative estimate of drug-likeness (QED) is 0.633. The molecule has 0 heterocycles. The minimum atomic E-state index is 0.568. The third-order valence-corrected chi connectivity index (χ3v) is 3.52. The summed E-state index contributed by atoms with van der Waals surface area (Å²) in [5, 5.41) is 3.44. The normalized spacial score (nSPS) is 12.4. The van der Waals surface area contributed by atoms with E-state index in [0.717, 1.165) is 38.3 Å². The molecule has 1 atom stereocenters. The largest absolute Gasteiger partial charge is 0.493 e. The van der Waals surface area contributed by atoms with Gasteiger partial charge in [-0.15, -0.1) is 0 Å². The van der Waals surface area contributed by atoms with E-state index in [4.69, 9.17) is 4.74 Å². The van der Waals surface area contributed by atoms with E-state index >= 15 is 0 Å². The molecular weight excluding hydrogens is 234 g/mol. The van der Waals surface area contributed by atoms with E-state index in [-0.39, 0.29) is 0 Å². The third kappa shape index (κ3) is 6.11. The monoisotopic (exact) mass is 263 g/mol. The first-order chi connectivity index (χ1) is 9.29. The SMILES string of the molecule is CCCCNCCCOc1ccccc1C(C)CC. The van der Waals surface area contributed by atoms with E-state index in [1.807, 2.05) is 0 Å². The number of ether oxygens (including phenoxy) is 1. The molecule has 0 spiro atoms. The summed E-state index contributed by atoms with van der Waals surface area (Å²) in [6.45, 7) is 9.67. The fourth-order valence-electron chi connectivity index (χ4n) is 2.05. The standard InChI is InChI=1S/C17H29NO/c1-4-6-12-18-13-9-14-19-17-11-8-7-10-16(17)15(3)5-2/h7-8,10-11,15,18H,4-6,9,12-14H2,1-3H3. The molecule has 2 heteroatoms. The van der Waals surface area contributed by atoms with Crippen molar-refractivity contribution in [1.29, 1.82) is 0 Å². The number of nitrogens with one attached hydrogen (secondary N) is 1. The van der Waals surface area contributed by atoms with Gasteiger partial charge in [0.2, 0.25) is 0 Å². The number of hydrogen-bond acceptors (Lipinski definition) is 2. The second kappa shape index (κ2) is 9.85. The van der Waals surface area contributed by atoms with Crippen molar-refractivity contribution in [2.45, 2.75) is 52.4 Å². The van der Waals surface area contributed by atoms with Gasteiger partial charge in [0, 0.05) is 0 Å². The van der Waals surface area contributed by atoms with Crippen molar-refractivity contribution in [3.63, 3.8) is 0 Å². The van der Waals surface area contributed by atoms with Crippen molar-refractivity contribution < 1.29 is 4.74 Å². The zero-order valence-electron chi connectivity index (χ0n) is 12.7. The molecule has 1 rings (SSSR count). The van der Waals surface area contributed by atoms with Crippen LogP contribution in [0.25, 0.3) is 0 Å². The molecule has 0 aliphatic rings. The smallest absolute Gasteiger partial charge is 0.122 e. The summed E-state index contributed by atoms with van der Waals surface area (Å²) in [6, 6.07) is 8.43. The second-order valence-corrected chi connectivity index (χ2v) is 5.15. The highest BCUT2D eigenvalue weighted by Gasteiger charge is 2.08. The number of unbranched alkanes of at least 4 members (excludes halogenated alkanes) is 1. The lowest BCUT2D eigenvalue weighted by molar-refractivity contribution is 0.303. The fraction of sp³-hybridized carbons (Fsp3) is 0.647. The van der Waals surface area contributed by atoms with Crippen LogP contribution in [0.4, 0.5) is 0 Å². The van der Waals surface area contributed by atoms with Gasteiger partial charge < -0.3 is 10.1 Å². The summed E-state index contributed by atoms with van der Waals surface area (Å²) < 4.78 is 5.93. The molecule has 1 aromatic carbocycles. The molecule has 0 aliphatic heterocycles. The van der Waals surface area contributed by atoms with Crippen LogP contribution < -0.4 is 10.1 Å². The average Bonchev–Trinajstić information content (AvgIpc) is 2.46. The summed E-state index contributed by atoms with van der Waals surface area (Å²) in [6.07, 6.45) is 4.74. The maximum Gasteiger partial charge on any atom is 0.122 e. The third-order valence-electron chi connectivity index (χ3n) is 3.52. The van der Waals surface area contributed by atoms with Crippen molar-refractivity contribution >= 4 is 0 Å². The van der Waals surface area contributed by atoms with Crippen molar-refractivity contribution in [2.24, 2.45) is 0 Å². The van der Waals surface area contributed by atoms with Gasteiger partial charge in [-0.2, -0.15) is 0 Å². The predicted octanol–water partition coefficient (Wildman–Crippen LogP) is 4.36. The van der Waals surface area contributed by atoms with Crippen LogP contribution in [0.3, 0.4) is 0 Å². The molecule has 0 saturated carbocycles. The van der Waals surface area contributed by atoms with Gasteiger partial charge in [0.1, 0.15) is 5.75 Å². The van der Waals surface area contributed by atoms with E-state index in [0.29, 0.717) is 5.92 Å². The van der Waals surface area contributed by atoms with E-state index in [2.05, 4.69) is 50.4 Å². The van der Waals surface area contributed by atoms with Gasteiger partial charge in [0.25, 0.3) is 0 Å². The molecule has 0 radical (unpaired) electrons.